The van der Waals surface area contributed by atoms with E-state index in [9.17, 15) is 0 Å². The van der Waals surface area contributed by atoms with Crippen molar-refractivity contribution in [3.8, 4) is 17.6 Å². The Kier molecular flexibility index (Phi) is 4.81. The van der Waals surface area contributed by atoms with Gasteiger partial charge >= 0.3 is 0 Å². The summed E-state index contributed by atoms with van der Waals surface area (Å²) < 4.78 is 10.9. The molecule has 0 fully saturated rings. The molecule has 0 spiro atoms. The van der Waals surface area contributed by atoms with Gasteiger partial charge in [0.25, 0.3) is 0 Å². The fraction of sp³-hybridized carbons (Fsp3) is 0.235. The highest BCUT2D eigenvalue weighted by Gasteiger charge is 2.05. The van der Waals surface area contributed by atoms with Crippen LogP contribution in [0.1, 0.15) is 29.7 Å². The van der Waals surface area contributed by atoms with E-state index in [4.69, 9.17) is 20.5 Å². The van der Waals surface area contributed by atoms with Gasteiger partial charge in [0, 0.05) is 6.04 Å². The molecule has 4 heteroatoms. The normalized spacial score (nSPS) is 11.5. The summed E-state index contributed by atoms with van der Waals surface area (Å²) >= 11 is 0. The average molecular weight is 282 g/mol. The molecule has 0 heterocycles. The third kappa shape index (κ3) is 3.74. The number of hydrogen-bond acceptors (Lipinski definition) is 4. The lowest BCUT2D eigenvalue weighted by atomic mass is 10.1. The zero-order valence-electron chi connectivity index (χ0n) is 12.2. The van der Waals surface area contributed by atoms with E-state index in [-0.39, 0.29) is 6.04 Å². The van der Waals surface area contributed by atoms with Gasteiger partial charge in [0.1, 0.15) is 24.2 Å². The Labute approximate surface area is 124 Å². The maximum Gasteiger partial charge on any atom is 0.137 e. The van der Waals surface area contributed by atoms with Crippen molar-refractivity contribution in [2.45, 2.75) is 19.6 Å². The first-order chi connectivity index (χ1) is 10.1. The highest BCUT2D eigenvalue weighted by atomic mass is 16.5. The summed E-state index contributed by atoms with van der Waals surface area (Å²) in [4.78, 5) is 0. The Hall–Kier alpha value is -2.51. The molecule has 2 N–H and O–H groups in total. The summed E-state index contributed by atoms with van der Waals surface area (Å²) in [7, 11) is 1.55. The first kappa shape index (κ1) is 14.9. The van der Waals surface area contributed by atoms with Crippen molar-refractivity contribution in [2.24, 2.45) is 5.73 Å². The van der Waals surface area contributed by atoms with Gasteiger partial charge in [-0.1, -0.05) is 18.2 Å². The molecule has 0 unspecified atom stereocenters. The molecule has 0 saturated carbocycles. The molecule has 1 atom stereocenters. The van der Waals surface area contributed by atoms with E-state index in [1.807, 2.05) is 43.3 Å². The number of rotatable bonds is 5. The number of ether oxygens (including phenoxy) is 2. The van der Waals surface area contributed by atoms with Crippen LogP contribution in [0.25, 0.3) is 0 Å². The molecule has 0 amide bonds. The number of methoxy groups -OCH3 is 1. The van der Waals surface area contributed by atoms with Crippen LogP contribution >= 0.6 is 0 Å². The lowest BCUT2D eigenvalue weighted by molar-refractivity contribution is 0.304. The van der Waals surface area contributed by atoms with E-state index >= 15 is 0 Å². The highest BCUT2D eigenvalue weighted by molar-refractivity contribution is 5.45. The van der Waals surface area contributed by atoms with Crippen LogP contribution in [0.2, 0.25) is 0 Å². The molecule has 0 aromatic heterocycles. The van der Waals surface area contributed by atoms with Gasteiger partial charge in [0.2, 0.25) is 0 Å². The van der Waals surface area contributed by atoms with Crippen LogP contribution in [0.15, 0.2) is 42.5 Å². The fourth-order valence-electron chi connectivity index (χ4n) is 1.97. The number of nitrogens with zero attached hydrogens (tertiary/aromatic N) is 1. The molecule has 4 nitrogen and oxygen atoms in total. The molecule has 2 rings (SSSR count). The topological polar surface area (TPSA) is 68.3 Å². The van der Waals surface area contributed by atoms with Crippen LogP contribution in [0.5, 0.6) is 11.5 Å². The van der Waals surface area contributed by atoms with Gasteiger partial charge in [0.15, 0.2) is 0 Å². The predicted octanol–water partition coefficient (Wildman–Crippen LogP) is 3.17. The molecular formula is C17H18N2O2. The second-order valence-corrected chi connectivity index (χ2v) is 4.80. The molecule has 21 heavy (non-hydrogen) atoms. The molecule has 0 aliphatic heterocycles. The van der Waals surface area contributed by atoms with Crippen LogP contribution in [-0.2, 0) is 6.61 Å². The zero-order chi connectivity index (χ0) is 15.2. The predicted molar refractivity (Wildman–Crippen MR) is 81.1 cm³/mol. The summed E-state index contributed by atoms with van der Waals surface area (Å²) in [5.41, 5.74) is 8.35. The molecule has 0 bridgehead atoms. The summed E-state index contributed by atoms with van der Waals surface area (Å²) in [5, 5.41) is 8.96. The minimum absolute atomic E-state index is 0.0245. The summed E-state index contributed by atoms with van der Waals surface area (Å²) in [6.07, 6.45) is 0. The minimum Gasteiger partial charge on any atom is -0.495 e. The largest absolute Gasteiger partial charge is 0.495 e. The maximum atomic E-state index is 8.96. The summed E-state index contributed by atoms with van der Waals surface area (Å²) in [6, 6.07) is 15.2. The Bertz CT molecular complexity index is 660. The third-order valence-electron chi connectivity index (χ3n) is 3.18. The van der Waals surface area contributed by atoms with Gasteiger partial charge in [-0.25, -0.2) is 0 Å². The Morgan fingerprint density at radius 3 is 2.71 bits per heavy atom. The Morgan fingerprint density at radius 1 is 1.24 bits per heavy atom. The van der Waals surface area contributed by atoms with Crippen molar-refractivity contribution in [3.05, 3.63) is 59.2 Å². The maximum absolute atomic E-state index is 8.96. The first-order valence-electron chi connectivity index (χ1n) is 6.69. The molecule has 0 aliphatic rings. The standard InChI is InChI=1S/C17H18N2O2/c1-12(19)14-4-3-5-16(9-14)21-11-13-6-7-15(10-18)17(8-13)20-2/h3-9,12H,11,19H2,1-2H3/t12-/m0/s1. The number of benzene rings is 2. The van der Waals surface area contributed by atoms with Crippen molar-refractivity contribution < 1.29 is 9.47 Å². The number of hydrogen-bond donors (Lipinski definition) is 1. The Morgan fingerprint density at radius 2 is 2.05 bits per heavy atom. The van der Waals surface area contributed by atoms with Gasteiger partial charge in [-0.3, -0.25) is 0 Å². The molecular weight excluding hydrogens is 264 g/mol. The van der Waals surface area contributed by atoms with Crippen molar-refractivity contribution in [3.63, 3.8) is 0 Å². The van der Waals surface area contributed by atoms with Crippen LogP contribution in [0.4, 0.5) is 0 Å². The van der Waals surface area contributed by atoms with E-state index < -0.39 is 0 Å². The zero-order valence-corrected chi connectivity index (χ0v) is 12.2. The molecule has 2 aromatic carbocycles. The van der Waals surface area contributed by atoms with Gasteiger partial charge in [-0.05, 0) is 42.3 Å². The lowest BCUT2D eigenvalue weighted by Crippen LogP contribution is -2.05. The van der Waals surface area contributed by atoms with Crippen molar-refractivity contribution >= 4 is 0 Å². The SMILES string of the molecule is COc1cc(COc2cccc([C@H](C)N)c2)ccc1C#N. The van der Waals surface area contributed by atoms with E-state index in [0.717, 1.165) is 16.9 Å². The lowest BCUT2D eigenvalue weighted by Gasteiger charge is -2.11. The van der Waals surface area contributed by atoms with E-state index in [0.29, 0.717) is 17.9 Å². The summed E-state index contributed by atoms with van der Waals surface area (Å²) in [6.45, 7) is 2.34. The van der Waals surface area contributed by atoms with E-state index in [1.54, 1.807) is 13.2 Å². The minimum atomic E-state index is -0.0245. The number of nitriles is 1. The van der Waals surface area contributed by atoms with Gasteiger partial charge in [-0.15, -0.1) is 0 Å². The van der Waals surface area contributed by atoms with E-state index in [1.165, 1.54) is 0 Å². The van der Waals surface area contributed by atoms with Crippen LogP contribution in [0, 0.1) is 11.3 Å². The third-order valence-corrected chi connectivity index (χ3v) is 3.18. The first-order valence-corrected chi connectivity index (χ1v) is 6.69. The monoisotopic (exact) mass is 282 g/mol. The van der Waals surface area contributed by atoms with Gasteiger partial charge in [0.05, 0.1) is 12.7 Å². The molecule has 0 saturated heterocycles. The number of nitrogens with two attached hydrogens (primary N) is 1. The van der Waals surface area contributed by atoms with Crippen molar-refractivity contribution in [1.82, 2.24) is 0 Å². The summed E-state index contributed by atoms with van der Waals surface area (Å²) in [5.74, 6) is 1.33. The highest BCUT2D eigenvalue weighted by Crippen LogP contribution is 2.22. The van der Waals surface area contributed by atoms with Gasteiger partial charge < -0.3 is 15.2 Å². The van der Waals surface area contributed by atoms with Crippen LogP contribution in [-0.4, -0.2) is 7.11 Å². The smallest absolute Gasteiger partial charge is 0.137 e. The van der Waals surface area contributed by atoms with Crippen LogP contribution < -0.4 is 15.2 Å². The molecule has 108 valence electrons. The van der Waals surface area contributed by atoms with Gasteiger partial charge in [-0.2, -0.15) is 5.26 Å². The molecule has 2 aromatic rings. The quantitative estimate of drug-likeness (QED) is 0.914. The van der Waals surface area contributed by atoms with E-state index in [2.05, 4.69) is 6.07 Å². The van der Waals surface area contributed by atoms with Crippen molar-refractivity contribution in [1.29, 1.82) is 5.26 Å². The second kappa shape index (κ2) is 6.78. The second-order valence-electron chi connectivity index (χ2n) is 4.80. The molecule has 0 radical (unpaired) electrons. The fourth-order valence-corrected chi connectivity index (χ4v) is 1.97. The average Bonchev–Trinajstić information content (AvgIpc) is 2.52. The molecule has 0 aliphatic carbocycles. The van der Waals surface area contributed by atoms with Crippen molar-refractivity contribution in [2.75, 3.05) is 7.11 Å². The Balaban J connectivity index is 2.10. The van der Waals surface area contributed by atoms with Crippen LogP contribution in [0.3, 0.4) is 0 Å².